The van der Waals surface area contributed by atoms with Crippen LogP contribution in [0.15, 0.2) is 63.3 Å². The first kappa shape index (κ1) is 51.9. The van der Waals surface area contributed by atoms with Gasteiger partial charge in [0.2, 0.25) is 34.5 Å². The number of hydrogen-bond donors (Lipinski definition) is 6. The van der Waals surface area contributed by atoms with E-state index in [0.29, 0.717) is 81.3 Å². The SMILES string of the molecule is Cc1ncsc1-c1ccc([C@H](C)NC(=O)C2C[C@@H](O)CN2C(=O)[C@@H](NC(=O)C2(CCC3CC4CC34)CCC(S(=O)(=O)N3CCC(NC4N=CC(Br)=C(Nc5cccc6c5OCO6)N4)CC3)CC2)C(C)(C)C)cc1. The van der Waals surface area contributed by atoms with E-state index in [1.54, 1.807) is 21.9 Å². The van der Waals surface area contributed by atoms with E-state index in [-0.39, 0.29) is 43.7 Å². The van der Waals surface area contributed by atoms with Crippen molar-refractivity contribution in [3.63, 3.8) is 0 Å². The highest BCUT2D eigenvalue weighted by atomic mass is 79.9. The van der Waals surface area contributed by atoms with Crippen LogP contribution in [-0.4, -0.2) is 114 Å². The maximum absolute atomic E-state index is 15.0. The summed E-state index contributed by atoms with van der Waals surface area (Å²) in [5, 5.41) is 27.0. The number of sulfonamides is 1. The number of likely N-dealkylation sites (tertiary alicyclic amines) is 1. The summed E-state index contributed by atoms with van der Waals surface area (Å²) in [6.45, 7) is 10.5. The number of carbonyl (C=O) groups is 3. The molecule has 10 rings (SSSR count). The summed E-state index contributed by atoms with van der Waals surface area (Å²) >= 11 is 5.17. The molecule has 5 fully saturated rings. The summed E-state index contributed by atoms with van der Waals surface area (Å²) < 4.78 is 42.4. The van der Waals surface area contributed by atoms with Gasteiger partial charge >= 0.3 is 0 Å². The Labute approximate surface area is 441 Å². The molecule has 2 aromatic carbocycles. The van der Waals surface area contributed by atoms with Gasteiger partial charge in [-0.05, 0) is 140 Å². The van der Waals surface area contributed by atoms with Crippen LogP contribution in [0.3, 0.4) is 0 Å². The Morgan fingerprint density at radius 3 is 2.44 bits per heavy atom. The fourth-order valence-corrected chi connectivity index (χ4v) is 15.2. The zero-order valence-electron chi connectivity index (χ0n) is 42.4. The minimum Gasteiger partial charge on any atom is -0.454 e. The molecule has 4 aliphatic heterocycles. The average molecular weight is 1110 g/mol. The van der Waals surface area contributed by atoms with Crippen LogP contribution in [0.4, 0.5) is 5.69 Å². The smallest absolute Gasteiger partial charge is 0.246 e. The first-order valence-corrected chi connectivity index (χ1v) is 29.2. The number of benzene rings is 2. The number of aliphatic hydroxyl groups is 1. The van der Waals surface area contributed by atoms with Gasteiger partial charge in [-0.25, -0.2) is 17.7 Å². The number of ether oxygens (including phenoxy) is 2. The molecule has 73 heavy (non-hydrogen) atoms. The third kappa shape index (κ3) is 10.9. The highest BCUT2D eigenvalue weighted by Gasteiger charge is 2.55. The molecule has 20 heteroatoms. The first-order chi connectivity index (χ1) is 34.9. The number of hydrogen-bond acceptors (Lipinski definition) is 14. The number of nitrogens with zero attached hydrogens (tertiary/aromatic N) is 4. The largest absolute Gasteiger partial charge is 0.454 e. The van der Waals surface area contributed by atoms with Crippen LogP contribution in [-0.2, 0) is 24.4 Å². The number of aryl methyl sites for hydroxylation is 1. The van der Waals surface area contributed by atoms with Crippen molar-refractivity contribution in [2.24, 2.45) is 33.6 Å². The number of aliphatic hydroxyl groups excluding tert-OH is 1. The van der Waals surface area contributed by atoms with E-state index < -0.39 is 56.5 Å². The molecule has 5 heterocycles. The lowest BCUT2D eigenvalue weighted by Gasteiger charge is -2.44. The van der Waals surface area contributed by atoms with E-state index in [4.69, 9.17) is 9.47 Å². The summed E-state index contributed by atoms with van der Waals surface area (Å²) in [5.74, 6) is 3.13. The van der Waals surface area contributed by atoms with Crippen molar-refractivity contribution < 1.29 is 37.4 Å². The zero-order chi connectivity index (χ0) is 51.4. The molecular weight excluding hydrogens is 1030 g/mol. The van der Waals surface area contributed by atoms with Gasteiger partial charge in [0, 0.05) is 43.7 Å². The molecule has 6 N–H and O–H groups in total. The summed E-state index contributed by atoms with van der Waals surface area (Å²) in [6.07, 6.45) is 7.18. The minimum atomic E-state index is -3.67. The van der Waals surface area contributed by atoms with Gasteiger partial charge in [-0.1, -0.05) is 51.1 Å². The molecule has 3 saturated carbocycles. The molecule has 5 unspecified atom stereocenters. The monoisotopic (exact) mass is 1100 g/mol. The van der Waals surface area contributed by atoms with E-state index in [9.17, 15) is 23.1 Å². The average Bonchev–Trinajstić information content (AvgIpc) is 3.79. The molecule has 17 nitrogen and oxygen atoms in total. The van der Waals surface area contributed by atoms with Crippen molar-refractivity contribution in [3.8, 4) is 21.9 Å². The van der Waals surface area contributed by atoms with E-state index >= 15 is 4.79 Å². The van der Waals surface area contributed by atoms with Crippen LogP contribution in [0.2, 0.25) is 0 Å². The molecule has 3 aromatic rings. The standard InChI is InChI=1S/C53H70BrN9O8S2/c1-30(32-9-11-33(12-10-32)45-31(2)56-28-72-45)57-48(65)42-25-37(64)27-63(42)49(66)46(52(3,4)5)60-50(67)53(18-13-34-23-35-24-39(34)35)19-14-38(15-20-53)73(68,69)62-21-16-36(17-22-62)58-51-55-26-40(54)47(61-51)59-41-7-6-8-43-44(41)71-29-70-43/h6-12,26,28,30,34-39,42,46,51,58-59,61,64H,13-25,27,29H2,1-5H3,(H,57,65)(H,60,67)/t30-,34?,35?,37+,38?,39?,42?,46+,51?,53?/m0/s1. The van der Waals surface area contributed by atoms with Gasteiger partial charge < -0.3 is 40.7 Å². The number of rotatable bonds is 16. The summed E-state index contributed by atoms with van der Waals surface area (Å²) in [4.78, 5) is 55.4. The molecule has 0 radical (unpaired) electrons. The molecule has 7 aliphatic rings. The van der Waals surface area contributed by atoms with Gasteiger partial charge in [-0.3, -0.25) is 24.7 Å². The number of para-hydroxylation sites is 1. The molecule has 0 spiro atoms. The number of halogens is 1. The minimum absolute atomic E-state index is 0.0235. The first-order valence-electron chi connectivity index (χ1n) is 26.1. The lowest BCUT2D eigenvalue weighted by atomic mass is 9.67. The Balaban J connectivity index is 0.759. The lowest BCUT2D eigenvalue weighted by molar-refractivity contribution is -0.146. The van der Waals surface area contributed by atoms with Crippen molar-refractivity contribution in [3.05, 3.63) is 69.5 Å². The number of aromatic nitrogens is 1. The van der Waals surface area contributed by atoms with Gasteiger partial charge in [-0.15, -0.1) is 11.3 Å². The van der Waals surface area contributed by atoms with Crippen LogP contribution in [0.1, 0.15) is 116 Å². The lowest BCUT2D eigenvalue weighted by Crippen LogP contribution is -2.60. The number of nitrogens with one attached hydrogen (secondary N) is 5. The third-order valence-corrected chi connectivity index (χ3v) is 20.7. The Bertz CT molecular complexity index is 2730. The quantitative estimate of drug-likeness (QED) is 0.0864. The molecule has 3 aliphatic carbocycles. The summed E-state index contributed by atoms with van der Waals surface area (Å²) in [7, 11) is -3.67. The topological polar surface area (TPSA) is 216 Å². The highest BCUT2D eigenvalue weighted by Crippen LogP contribution is 2.62. The van der Waals surface area contributed by atoms with Crippen molar-refractivity contribution in [1.29, 1.82) is 0 Å². The van der Waals surface area contributed by atoms with E-state index in [2.05, 4.69) is 52.5 Å². The highest BCUT2D eigenvalue weighted by molar-refractivity contribution is 9.12. The number of piperidine rings is 1. The Morgan fingerprint density at radius 2 is 1.77 bits per heavy atom. The van der Waals surface area contributed by atoms with E-state index in [1.165, 1.54) is 17.7 Å². The van der Waals surface area contributed by atoms with Gasteiger partial charge in [0.25, 0.3) is 0 Å². The van der Waals surface area contributed by atoms with E-state index in [1.807, 2.05) is 82.6 Å². The molecule has 0 bridgehead atoms. The normalized spacial score (nSPS) is 28.9. The van der Waals surface area contributed by atoms with Crippen molar-refractivity contribution >= 4 is 66.9 Å². The van der Waals surface area contributed by atoms with E-state index in [0.717, 1.165) is 50.1 Å². The maximum Gasteiger partial charge on any atom is 0.246 e. The number of allylic oxidation sites excluding steroid dienone is 1. The second kappa shape index (κ2) is 20.8. The van der Waals surface area contributed by atoms with Crippen LogP contribution >= 0.6 is 27.3 Å². The fourth-order valence-electron chi connectivity index (χ4n) is 12.1. The number of β-amino-alcohol motifs (C(OH)–C–C–N with tert-alkyl or cyclic N) is 1. The van der Waals surface area contributed by atoms with Crippen LogP contribution in [0.5, 0.6) is 11.5 Å². The fraction of sp³-hybridized carbons (Fsp3) is 0.604. The predicted molar refractivity (Wildman–Crippen MR) is 284 cm³/mol. The Morgan fingerprint density at radius 1 is 1.01 bits per heavy atom. The molecule has 3 amide bonds. The van der Waals surface area contributed by atoms with Crippen molar-refractivity contribution in [1.82, 2.24) is 35.5 Å². The van der Waals surface area contributed by atoms with Crippen LogP contribution in [0.25, 0.3) is 10.4 Å². The van der Waals surface area contributed by atoms with Gasteiger partial charge in [-0.2, -0.15) is 0 Å². The van der Waals surface area contributed by atoms with Crippen molar-refractivity contribution in [2.75, 3.05) is 31.7 Å². The second-order valence-corrected chi connectivity index (χ2v) is 26.5. The number of aliphatic imine (C=N–C) groups is 1. The van der Waals surface area contributed by atoms with Crippen LogP contribution < -0.4 is 36.1 Å². The number of thiazole rings is 1. The van der Waals surface area contributed by atoms with Crippen LogP contribution in [0, 0.1) is 35.5 Å². The molecular formula is C53H70BrN9O8S2. The molecule has 8 atom stereocenters. The number of fused-ring (bicyclic) bond motifs is 2. The summed E-state index contributed by atoms with van der Waals surface area (Å²) in [6, 6.07) is 11.4. The number of amides is 3. The molecule has 1 aromatic heterocycles. The molecule has 394 valence electrons. The maximum atomic E-state index is 15.0. The van der Waals surface area contributed by atoms with Gasteiger partial charge in [0.05, 0.1) is 43.6 Å². The third-order valence-electron chi connectivity index (χ3n) is 16.7. The number of carbonyl (C=O) groups excluding carboxylic acids is 3. The Hall–Kier alpha value is -4.60. The number of anilines is 1. The van der Waals surface area contributed by atoms with Gasteiger partial charge in [0.15, 0.2) is 17.8 Å². The summed E-state index contributed by atoms with van der Waals surface area (Å²) in [5.41, 5.74) is 3.90. The zero-order valence-corrected chi connectivity index (χ0v) is 45.6. The predicted octanol–water partition coefficient (Wildman–Crippen LogP) is 6.90. The molecule has 2 saturated heterocycles. The van der Waals surface area contributed by atoms with Gasteiger partial charge in [0.1, 0.15) is 17.9 Å². The van der Waals surface area contributed by atoms with Crippen molar-refractivity contribution in [2.45, 2.75) is 147 Å². The second-order valence-electron chi connectivity index (χ2n) is 22.6. The Kier molecular flexibility index (Phi) is 14.8.